The molecule has 0 fully saturated rings. The van der Waals surface area contributed by atoms with Gasteiger partial charge in [0, 0.05) is 0 Å². The summed E-state index contributed by atoms with van der Waals surface area (Å²) >= 11 is 0. The van der Waals surface area contributed by atoms with E-state index in [0.29, 0.717) is 11.4 Å². The summed E-state index contributed by atoms with van der Waals surface area (Å²) in [6.07, 6.45) is -1.35. The molecule has 0 bridgehead atoms. The van der Waals surface area contributed by atoms with Gasteiger partial charge < -0.3 is 4.74 Å². The number of rotatable bonds is 2. The molecule has 0 spiro atoms. The van der Waals surface area contributed by atoms with E-state index in [1.807, 2.05) is 20.8 Å². The predicted octanol–water partition coefficient (Wildman–Crippen LogP) is 2.83. The SMILES string of the molecule is CC(C)(C)Oc1ccccc1NC([O])=O. The summed E-state index contributed by atoms with van der Waals surface area (Å²) in [4.78, 5) is 10.4. The monoisotopic (exact) mass is 208 g/mol. The Morgan fingerprint density at radius 3 is 2.40 bits per heavy atom. The maximum absolute atomic E-state index is 10.4. The summed E-state index contributed by atoms with van der Waals surface area (Å²) in [6.45, 7) is 5.67. The zero-order valence-electron chi connectivity index (χ0n) is 9.03. The molecule has 4 nitrogen and oxygen atoms in total. The highest BCUT2D eigenvalue weighted by Gasteiger charge is 2.15. The Kier molecular flexibility index (Phi) is 3.19. The fraction of sp³-hybridized carbons (Fsp3) is 0.364. The molecule has 0 unspecified atom stereocenters. The highest BCUT2D eigenvalue weighted by atomic mass is 16.5. The van der Waals surface area contributed by atoms with Crippen LogP contribution < -0.4 is 10.1 Å². The third-order valence-electron chi connectivity index (χ3n) is 1.54. The van der Waals surface area contributed by atoms with E-state index in [-0.39, 0.29) is 5.60 Å². The van der Waals surface area contributed by atoms with Crippen LogP contribution in [0.3, 0.4) is 0 Å². The fourth-order valence-electron chi connectivity index (χ4n) is 1.10. The van der Waals surface area contributed by atoms with E-state index in [1.165, 1.54) is 0 Å². The van der Waals surface area contributed by atoms with Crippen molar-refractivity contribution in [2.75, 3.05) is 5.32 Å². The van der Waals surface area contributed by atoms with Crippen LogP contribution in [0.25, 0.3) is 0 Å². The molecule has 1 amide bonds. The van der Waals surface area contributed by atoms with Gasteiger partial charge >= 0.3 is 6.09 Å². The first-order chi connectivity index (χ1) is 6.88. The standard InChI is InChI=1S/C11H14NO3/c1-11(2,3)15-9-7-5-4-6-8(9)12-10(13)14/h4-7,12H,1-3H3. The Morgan fingerprint density at radius 2 is 1.87 bits per heavy atom. The molecule has 0 saturated carbocycles. The number of carbonyl (C=O) groups excluding carboxylic acids is 1. The van der Waals surface area contributed by atoms with Gasteiger partial charge in [0.05, 0.1) is 5.69 Å². The smallest absolute Gasteiger partial charge is 0.455 e. The fourth-order valence-corrected chi connectivity index (χ4v) is 1.10. The Labute approximate surface area is 88.9 Å². The van der Waals surface area contributed by atoms with Gasteiger partial charge in [-0.25, -0.2) is 9.90 Å². The lowest BCUT2D eigenvalue weighted by Crippen LogP contribution is -2.23. The molecular weight excluding hydrogens is 194 g/mol. The first kappa shape index (κ1) is 11.4. The van der Waals surface area contributed by atoms with Gasteiger partial charge in [0.1, 0.15) is 11.4 Å². The minimum Gasteiger partial charge on any atom is -0.486 e. The second kappa shape index (κ2) is 4.21. The van der Waals surface area contributed by atoms with Crippen molar-refractivity contribution in [3.8, 4) is 5.75 Å². The molecule has 0 saturated heterocycles. The lowest BCUT2D eigenvalue weighted by atomic mass is 10.2. The van der Waals surface area contributed by atoms with Gasteiger partial charge in [-0.2, -0.15) is 0 Å². The highest BCUT2D eigenvalue weighted by molar-refractivity contribution is 5.84. The van der Waals surface area contributed by atoms with Crippen LogP contribution in [-0.2, 0) is 5.11 Å². The maximum Gasteiger partial charge on any atom is 0.455 e. The molecule has 1 N–H and O–H groups in total. The molecule has 4 heteroatoms. The molecule has 0 aliphatic heterocycles. The van der Waals surface area contributed by atoms with Crippen LogP contribution in [0.1, 0.15) is 20.8 Å². The zero-order chi connectivity index (χ0) is 11.5. The van der Waals surface area contributed by atoms with Crippen LogP contribution in [0.15, 0.2) is 24.3 Å². The van der Waals surface area contributed by atoms with E-state index < -0.39 is 6.09 Å². The van der Waals surface area contributed by atoms with Crippen LogP contribution in [-0.4, -0.2) is 11.7 Å². The molecule has 15 heavy (non-hydrogen) atoms. The third kappa shape index (κ3) is 3.89. The highest BCUT2D eigenvalue weighted by Crippen LogP contribution is 2.27. The summed E-state index contributed by atoms with van der Waals surface area (Å²) in [6, 6.07) is 6.83. The van der Waals surface area contributed by atoms with Gasteiger partial charge in [0.15, 0.2) is 0 Å². The predicted molar refractivity (Wildman–Crippen MR) is 56.5 cm³/mol. The number of benzene rings is 1. The Bertz CT molecular complexity index is 355. The molecule has 81 valence electrons. The molecule has 0 atom stereocenters. The normalized spacial score (nSPS) is 10.9. The maximum atomic E-state index is 10.4. The Hall–Kier alpha value is -1.71. The molecule has 1 aromatic rings. The average Bonchev–Trinajstić information content (AvgIpc) is 2.05. The summed E-state index contributed by atoms with van der Waals surface area (Å²) in [5.74, 6) is 0.495. The van der Waals surface area contributed by atoms with Crippen LogP contribution in [0.5, 0.6) is 5.75 Å². The van der Waals surface area contributed by atoms with Crippen molar-refractivity contribution in [1.29, 1.82) is 0 Å². The Balaban J connectivity index is 2.91. The number of para-hydroxylation sites is 2. The topological polar surface area (TPSA) is 58.2 Å². The van der Waals surface area contributed by atoms with Crippen molar-refractivity contribution >= 4 is 11.8 Å². The van der Waals surface area contributed by atoms with Crippen molar-refractivity contribution in [2.45, 2.75) is 26.4 Å². The molecule has 0 aliphatic rings. The summed E-state index contributed by atoms with van der Waals surface area (Å²) < 4.78 is 5.58. The summed E-state index contributed by atoms with van der Waals surface area (Å²) in [5, 5.41) is 12.6. The first-order valence-electron chi connectivity index (χ1n) is 4.64. The van der Waals surface area contributed by atoms with Gasteiger partial charge in [-0.1, -0.05) is 12.1 Å². The van der Waals surface area contributed by atoms with E-state index in [4.69, 9.17) is 4.74 Å². The van der Waals surface area contributed by atoms with Gasteiger partial charge in [0.25, 0.3) is 0 Å². The largest absolute Gasteiger partial charge is 0.486 e. The lowest BCUT2D eigenvalue weighted by Gasteiger charge is -2.22. The number of hydrogen-bond acceptors (Lipinski definition) is 2. The number of anilines is 1. The van der Waals surface area contributed by atoms with Crippen molar-refractivity contribution in [3.63, 3.8) is 0 Å². The van der Waals surface area contributed by atoms with Crippen molar-refractivity contribution in [3.05, 3.63) is 24.3 Å². The zero-order valence-corrected chi connectivity index (χ0v) is 9.03. The quantitative estimate of drug-likeness (QED) is 0.812. The van der Waals surface area contributed by atoms with E-state index in [2.05, 4.69) is 5.32 Å². The first-order valence-corrected chi connectivity index (χ1v) is 4.64. The average molecular weight is 208 g/mol. The minimum atomic E-state index is -1.35. The van der Waals surface area contributed by atoms with Crippen LogP contribution in [0, 0.1) is 0 Å². The molecule has 0 aliphatic carbocycles. The second-order valence-electron chi connectivity index (χ2n) is 4.12. The summed E-state index contributed by atoms with van der Waals surface area (Å²) in [7, 11) is 0. The van der Waals surface area contributed by atoms with E-state index in [1.54, 1.807) is 24.3 Å². The number of amides is 1. The van der Waals surface area contributed by atoms with Crippen molar-refractivity contribution in [2.24, 2.45) is 0 Å². The summed E-state index contributed by atoms with van der Waals surface area (Å²) in [5.41, 5.74) is 0.0244. The number of ether oxygens (including phenoxy) is 1. The molecule has 1 radical (unpaired) electrons. The van der Waals surface area contributed by atoms with Crippen molar-refractivity contribution in [1.82, 2.24) is 0 Å². The lowest BCUT2D eigenvalue weighted by molar-refractivity contribution is 0.131. The number of carbonyl (C=O) groups is 1. The molecule has 1 aromatic carbocycles. The van der Waals surface area contributed by atoms with Crippen LogP contribution >= 0.6 is 0 Å². The van der Waals surface area contributed by atoms with Gasteiger partial charge in [-0.15, -0.1) is 0 Å². The van der Waals surface area contributed by atoms with E-state index in [9.17, 15) is 9.90 Å². The van der Waals surface area contributed by atoms with Gasteiger partial charge in [-0.05, 0) is 32.9 Å². The number of nitrogens with one attached hydrogen (secondary N) is 1. The molecule has 1 rings (SSSR count). The molecular formula is C11H14NO3. The second-order valence-corrected chi connectivity index (χ2v) is 4.12. The van der Waals surface area contributed by atoms with E-state index >= 15 is 0 Å². The third-order valence-corrected chi connectivity index (χ3v) is 1.54. The van der Waals surface area contributed by atoms with Crippen molar-refractivity contribution < 1.29 is 14.6 Å². The van der Waals surface area contributed by atoms with Crippen LogP contribution in [0.4, 0.5) is 10.5 Å². The van der Waals surface area contributed by atoms with Gasteiger partial charge in [-0.3, -0.25) is 5.32 Å². The van der Waals surface area contributed by atoms with Crippen LogP contribution in [0.2, 0.25) is 0 Å². The van der Waals surface area contributed by atoms with Gasteiger partial charge in [0.2, 0.25) is 0 Å². The van der Waals surface area contributed by atoms with E-state index in [0.717, 1.165) is 0 Å². The minimum absolute atomic E-state index is 0.371. The molecule has 0 heterocycles. The number of hydrogen-bond donors (Lipinski definition) is 1. The Morgan fingerprint density at radius 1 is 1.27 bits per heavy atom. The molecule has 0 aromatic heterocycles.